The van der Waals surface area contributed by atoms with Gasteiger partial charge >= 0.3 is 0 Å². The summed E-state index contributed by atoms with van der Waals surface area (Å²) >= 11 is 0. The Morgan fingerprint density at radius 1 is 0.508 bits per heavy atom. The van der Waals surface area contributed by atoms with Crippen molar-refractivity contribution < 1.29 is 53.9 Å². The molecule has 0 aliphatic carbocycles. The molecule has 0 aliphatic rings. The molecule has 24 heteroatoms. The van der Waals surface area contributed by atoms with Gasteiger partial charge in [0.15, 0.2) is 11.5 Å². The molecule has 1 amide bonds. The molecule has 0 radical (unpaired) electrons. The molecule has 10 N–H and O–H groups in total. The summed E-state index contributed by atoms with van der Waals surface area (Å²) in [6.45, 7) is 0. The molecular formula is C39H29N9O12S3. The molecule has 0 aromatic heterocycles. The Morgan fingerprint density at radius 3 is 1.51 bits per heavy atom. The van der Waals surface area contributed by atoms with Gasteiger partial charge in [0, 0.05) is 22.3 Å². The molecule has 0 saturated carbocycles. The van der Waals surface area contributed by atoms with Crippen molar-refractivity contribution in [2.45, 2.75) is 14.7 Å². The van der Waals surface area contributed by atoms with Crippen molar-refractivity contribution >= 4 is 109 Å². The number of rotatable bonds is 11. The van der Waals surface area contributed by atoms with Crippen molar-refractivity contribution in [3.05, 3.63) is 121 Å². The Morgan fingerprint density at radius 2 is 0.968 bits per heavy atom. The van der Waals surface area contributed by atoms with Gasteiger partial charge in [-0.05, 0) is 102 Å². The van der Waals surface area contributed by atoms with Crippen LogP contribution in [0.1, 0.15) is 10.4 Å². The zero-order valence-electron chi connectivity index (χ0n) is 31.6. The fraction of sp³-hybridized carbons (Fsp3) is 0. The average Bonchev–Trinajstić information content (AvgIpc) is 3.22. The van der Waals surface area contributed by atoms with E-state index in [2.05, 4.69) is 36.0 Å². The third-order valence-corrected chi connectivity index (χ3v) is 11.6. The molecule has 0 aliphatic heterocycles. The average molecular weight is 912 g/mol. The summed E-state index contributed by atoms with van der Waals surface area (Å²) in [5.41, 5.74) is 10.8. The van der Waals surface area contributed by atoms with E-state index < -0.39 is 85.2 Å². The van der Waals surface area contributed by atoms with Gasteiger partial charge in [0.1, 0.15) is 31.7 Å². The number of carbonyl (C=O) groups is 1. The van der Waals surface area contributed by atoms with Crippen LogP contribution in [0.2, 0.25) is 0 Å². The fourth-order valence-corrected chi connectivity index (χ4v) is 8.05. The number of nitrogen functional groups attached to an aromatic ring is 2. The first-order valence-electron chi connectivity index (χ1n) is 17.6. The van der Waals surface area contributed by atoms with Gasteiger partial charge in [-0.3, -0.25) is 18.5 Å². The highest BCUT2D eigenvalue weighted by Gasteiger charge is 2.28. The van der Waals surface area contributed by atoms with E-state index in [4.69, 9.17) is 11.5 Å². The van der Waals surface area contributed by atoms with Crippen LogP contribution >= 0.6 is 0 Å². The van der Waals surface area contributed by atoms with Crippen molar-refractivity contribution in [3.63, 3.8) is 0 Å². The van der Waals surface area contributed by atoms with Gasteiger partial charge in [-0.15, -0.1) is 15.3 Å². The van der Waals surface area contributed by atoms with E-state index in [0.717, 1.165) is 18.2 Å². The number of phenolic OH excluding ortho intramolecular Hbond substituents is 2. The Hall–Kier alpha value is -7.74. The molecule has 0 saturated heterocycles. The van der Waals surface area contributed by atoms with Crippen LogP contribution in [-0.4, -0.2) is 55.0 Å². The highest BCUT2D eigenvalue weighted by molar-refractivity contribution is 7.86. The van der Waals surface area contributed by atoms with E-state index in [1.165, 1.54) is 78.9 Å². The molecule has 0 bridgehead atoms. The summed E-state index contributed by atoms with van der Waals surface area (Å²) < 4.78 is 104. The van der Waals surface area contributed by atoms with Crippen LogP contribution in [0.5, 0.6) is 11.5 Å². The van der Waals surface area contributed by atoms with Gasteiger partial charge in [0.2, 0.25) is 0 Å². The summed E-state index contributed by atoms with van der Waals surface area (Å²) in [6.07, 6.45) is 0. The lowest BCUT2D eigenvalue weighted by atomic mass is 10.1. The zero-order chi connectivity index (χ0) is 45.4. The standard InChI is InChI=1S/C39H29N9O12S3/c40-23-9-6-21-16-30(62(55,56)57)35(37(49)28(21)19-23)47-45-27-14-12-24(13-15-27)42-39(51)20-7-10-26(11-8-20)44-46-34-29(61(52,53)54)17-22-18-31(63(58,59)60)36(38(50)32(22)33(34)41)48-43-25-4-2-1-3-5-25/h1-19,49-50H,40-41H2,(H,42,51)(H,52,53,54)(H,55,56,57)(H,58,59,60). The number of aromatic hydroxyl groups is 2. The smallest absolute Gasteiger partial charge is 0.296 e. The number of fused-ring (bicyclic) bond motifs is 2. The first-order chi connectivity index (χ1) is 29.7. The highest BCUT2D eigenvalue weighted by Crippen LogP contribution is 2.48. The molecular weight excluding hydrogens is 883 g/mol. The number of benzene rings is 7. The second kappa shape index (κ2) is 16.6. The van der Waals surface area contributed by atoms with Crippen molar-refractivity contribution in [2.24, 2.45) is 30.7 Å². The number of azo groups is 3. The monoisotopic (exact) mass is 911 g/mol. The van der Waals surface area contributed by atoms with Crippen LogP contribution in [0.25, 0.3) is 21.5 Å². The van der Waals surface area contributed by atoms with Crippen LogP contribution in [0.15, 0.2) is 161 Å². The van der Waals surface area contributed by atoms with Crippen molar-refractivity contribution in [1.82, 2.24) is 0 Å². The molecule has 7 aromatic rings. The zero-order valence-corrected chi connectivity index (χ0v) is 34.1. The van der Waals surface area contributed by atoms with Gasteiger partial charge in [-0.2, -0.15) is 40.6 Å². The molecule has 0 atom stereocenters. The number of phenols is 2. The number of anilines is 3. The quantitative estimate of drug-likeness (QED) is 0.0341. The van der Waals surface area contributed by atoms with Crippen LogP contribution in [0.4, 0.5) is 51.2 Å². The molecule has 0 heterocycles. The third kappa shape index (κ3) is 9.30. The molecule has 0 unspecified atom stereocenters. The van der Waals surface area contributed by atoms with Crippen molar-refractivity contribution in [1.29, 1.82) is 0 Å². The van der Waals surface area contributed by atoms with E-state index >= 15 is 0 Å². The van der Waals surface area contributed by atoms with Gasteiger partial charge in [0.05, 0.1) is 28.1 Å². The lowest BCUT2D eigenvalue weighted by molar-refractivity contribution is 0.102. The largest absolute Gasteiger partial charge is 0.505 e. The van der Waals surface area contributed by atoms with E-state index in [1.807, 2.05) is 0 Å². The molecule has 320 valence electrons. The number of nitrogens with zero attached hydrogens (tertiary/aromatic N) is 6. The molecule has 0 fully saturated rings. The minimum atomic E-state index is -5.13. The molecule has 7 aromatic carbocycles. The SMILES string of the molecule is Nc1ccc2cc(S(=O)(=O)O)c(N=Nc3ccc(NC(=O)c4ccc(N=Nc5c(S(=O)(=O)O)cc6cc(S(=O)(=O)O)c(N=Nc7ccccc7)c(O)c6c5N)cc4)cc3)c(O)c2c1. The van der Waals surface area contributed by atoms with E-state index in [1.54, 1.807) is 18.2 Å². The Bertz CT molecular complexity index is 3440. The molecule has 63 heavy (non-hydrogen) atoms. The first-order valence-corrected chi connectivity index (χ1v) is 21.9. The second-order valence-corrected chi connectivity index (χ2v) is 17.4. The summed E-state index contributed by atoms with van der Waals surface area (Å²) in [5.74, 6) is -2.09. The summed E-state index contributed by atoms with van der Waals surface area (Å²) in [7, 11) is -15.1. The maximum absolute atomic E-state index is 13.1. The highest BCUT2D eigenvalue weighted by atomic mass is 32.2. The second-order valence-electron chi connectivity index (χ2n) is 13.3. The van der Waals surface area contributed by atoms with E-state index in [9.17, 15) is 53.9 Å². The van der Waals surface area contributed by atoms with E-state index in [-0.39, 0.29) is 49.9 Å². The predicted molar refractivity (Wildman–Crippen MR) is 229 cm³/mol. The number of hydrogen-bond acceptors (Lipinski definition) is 17. The molecule has 21 nitrogen and oxygen atoms in total. The summed E-state index contributed by atoms with van der Waals surface area (Å²) in [4.78, 5) is 10.5. The Balaban J connectivity index is 1.12. The number of hydrogen-bond donors (Lipinski definition) is 8. The van der Waals surface area contributed by atoms with E-state index in [0.29, 0.717) is 5.69 Å². The van der Waals surface area contributed by atoms with Gasteiger partial charge in [-0.1, -0.05) is 24.3 Å². The predicted octanol–water partition coefficient (Wildman–Crippen LogP) is 8.81. The number of carbonyl (C=O) groups excluding carboxylic acids is 1. The molecule has 0 spiro atoms. The Kier molecular flexibility index (Phi) is 11.4. The lowest BCUT2D eigenvalue weighted by Crippen LogP contribution is -2.11. The van der Waals surface area contributed by atoms with Crippen molar-refractivity contribution in [3.8, 4) is 11.5 Å². The van der Waals surface area contributed by atoms with Crippen LogP contribution in [0.3, 0.4) is 0 Å². The maximum atomic E-state index is 13.1. The van der Waals surface area contributed by atoms with Gasteiger partial charge in [-0.25, -0.2) is 0 Å². The lowest BCUT2D eigenvalue weighted by Gasteiger charge is -2.14. The topological polar surface area (TPSA) is 359 Å². The third-order valence-electron chi connectivity index (χ3n) is 9.03. The van der Waals surface area contributed by atoms with Crippen molar-refractivity contribution in [2.75, 3.05) is 16.8 Å². The maximum Gasteiger partial charge on any atom is 0.296 e. The minimum absolute atomic E-state index is 0.0587. The van der Waals surface area contributed by atoms with Crippen LogP contribution in [0, 0.1) is 0 Å². The van der Waals surface area contributed by atoms with Crippen LogP contribution in [-0.2, 0) is 30.4 Å². The minimum Gasteiger partial charge on any atom is -0.505 e. The number of nitrogens with two attached hydrogens (primary N) is 2. The first kappa shape index (κ1) is 43.4. The van der Waals surface area contributed by atoms with Crippen LogP contribution < -0.4 is 16.8 Å². The normalized spacial score (nSPS) is 12.6. The number of amides is 1. The summed E-state index contributed by atoms with van der Waals surface area (Å²) in [5, 5.41) is 47.8. The van der Waals surface area contributed by atoms with Gasteiger partial charge in [0.25, 0.3) is 36.3 Å². The fourth-order valence-electron chi connectivity index (χ4n) is 6.07. The summed E-state index contributed by atoms with van der Waals surface area (Å²) in [6, 6.07) is 26.1. The number of nitrogens with one attached hydrogen (secondary N) is 1. The molecule has 7 rings (SSSR count). The van der Waals surface area contributed by atoms with Gasteiger partial charge < -0.3 is 27.0 Å². The Labute approximate surface area is 356 Å².